The summed E-state index contributed by atoms with van der Waals surface area (Å²) in [5, 5.41) is 22.6. The van der Waals surface area contributed by atoms with Gasteiger partial charge in [0.2, 0.25) is 0 Å². The van der Waals surface area contributed by atoms with Gasteiger partial charge in [-0.3, -0.25) is 9.59 Å². The Bertz CT molecular complexity index is 837. The first kappa shape index (κ1) is 21.4. The molecular formula is C23H32O8. The van der Waals surface area contributed by atoms with E-state index in [1.807, 2.05) is 0 Å². The van der Waals surface area contributed by atoms with Gasteiger partial charge in [0.15, 0.2) is 12.6 Å². The normalized spacial score (nSPS) is 52.1. The first-order valence-electron chi connectivity index (χ1n) is 11.1. The van der Waals surface area contributed by atoms with Gasteiger partial charge in [0.25, 0.3) is 0 Å². The molecule has 0 radical (unpaired) electrons. The summed E-state index contributed by atoms with van der Waals surface area (Å²) in [4.78, 5) is 25.7. The van der Waals surface area contributed by atoms with E-state index in [-0.39, 0.29) is 11.3 Å². The average Bonchev–Trinajstić information content (AvgIpc) is 3.09. The predicted molar refractivity (Wildman–Crippen MR) is 106 cm³/mol. The Kier molecular flexibility index (Phi) is 4.50. The number of hydrogen-bond donors (Lipinski definition) is 2. The van der Waals surface area contributed by atoms with E-state index in [4.69, 9.17) is 18.9 Å². The molecule has 0 amide bonds. The summed E-state index contributed by atoms with van der Waals surface area (Å²) in [6.45, 7) is 9.59. The second-order valence-corrected chi connectivity index (χ2v) is 10.8. The third kappa shape index (κ3) is 2.39. The highest BCUT2D eigenvalue weighted by molar-refractivity contribution is 5.83. The number of ether oxygens (including phenoxy) is 4. The van der Waals surface area contributed by atoms with E-state index in [1.54, 1.807) is 0 Å². The lowest BCUT2D eigenvalue weighted by molar-refractivity contribution is -0.299. The number of hydrogen-bond acceptors (Lipinski definition) is 8. The summed E-state index contributed by atoms with van der Waals surface area (Å²) >= 11 is 0. The molecule has 0 unspecified atom stereocenters. The zero-order valence-electron chi connectivity index (χ0n) is 18.5. The maximum Gasteiger partial charge on any atom is 0.316 e. The average molecular weight is 437 g/mol. The molecule has 10 atom stereocenters. The van der Waals surface area contributed by atoms with Crippen LogP contribution in [0, 0.1) is 34.0 Å². The van der Waals surface area contributed by atoms with E-state index in [9.17, 15) is 19.8 Å². The predicted octanol–water partition coefficient (Wildman–Crippen LogP) is 1.53. The molecule has 3 aliphatic carbocycles. The molecule has 2 aliphatic heterocycles. The summed E-state index contributed by atoms with van der Waals surface area (Å²) in [6, 6.07) is 0. The number of aliphatic hydroxyl groups is 2. The van der Waals surface area contributed by atoms with Gasteiger partial charge in [0, 0.05) is 25.9 Å². The van der Waals surface area contributed by atoms with E-state index < -0.39 is 65.5 Å². The van der Waals surface area contributed by atoms with E-state index in [0.717, 1.165) is 6.42 Å². The molecule has 5 rings (SSSR count). The van der Waals surface area contributed by atoms with Crippen LogP contribution < -0.4 is 0 Å². The lowest BCUT2D eigenvalue weighted by atomic mass is 9.43. The zero-order chi connectivity index (χ0) is 22.5. The monoisotopic (exact) mass is 436 g/mol. The van der Waals surface area contributed by atoms with E-state index in [2.05, 4.69) is 20.4 Å². The fourth-order valence-corrected chi connectivity index (χ4v) is 8.17. The van der Waals surface area contributed by atoms with Gasteiger partial charge in [0.1, 0.15) is 17.6 Å². The smallest absolute Gasteiger partial charge is 0.316 e. The molecule has 5 aliphatic rings. The standard InChI is InChI=1S/C23H32O8/c1-10-12-8-13(25)15-22(9-12,17(10)29-11(2)24)19(27)30-14-6-7-21(3,4)16-18(26)31-20(28-5)23(14,15)16/h12-18,20,25-26H,1,6-9H2,2-5H3/t12-,13+,14+,15-,16-,17-,18-,20+,22+,23-/m1/s1. The van der Waals surface area contributed by atoms with Gasteiger partial charge < -0.3 is 29.2 Å². The van der Waals surface area contributed by atoms with Crippen molar-refractivity contribution in [2.24, 2.45) is 34.0 Å². The highest BCUT2D eigenvalue weighted by atomic mass is 16.7. The van der Waals surface area contributed by atoms with Gasteiger partial charge in [-0.1, -0.05) is 20.4 Å². The van der Waals surface area contributed by atoms with Gasteiger partial charge in [0.05, 0.1) is 11.5 Å². The minimum atomic E-state index is -1.28. The van der Waals surface area contributed by atoms with Crippen LogP contribution in [0.5, 0.6) is 0 Å². The largest absolute Gasteiger partial charge is 0.461 e. The molecule has 2 bridgehead atoms. The molecule has 172 valence electrons. The van der Waals surface area contributed by atoms with Crippen molar-refractivity contribution < 1.29 is 38.7 Å². The number of carbonyl (C=O) groups excluding carboxylic acids is 2. The van der Waals surface area contributed by atoms with Crippen LogP contribution in [0.25, 0.3) is 0 Å². The van der Waals surface area contributed by atoms with Crippen LogP contribution in [0.1, 0.15) is 46.5 Å². The Morgan fingerprint density at radius 1 is 1.26 bits per heavy atom. The van der Waals surface area contributed by atoms with Crippen LogP contribution in [-0.4, -0.2) is 60.2 Å². The Morgan fingerprint density at radius 2 is 1.97 bits per heavy atom. The number of rotatable bonds is 2. The van der Waals surface area contributed by atoms with E-state index in [0.29, 0.717) is 24.8 Å². The molecule has 8 nitrogen and oxygen atoms in total. The number of carbonyl (C=O) groups is 2. The van der Waals surface area contributed by atoms with E-state index in [1.165, 1.54) is 14.0 Å². The van der Waals surface area contributed by atoms with Gasteiger partial charge in [-0.2, -0.15) is 0 Å². The van der Waals surface area contributed by atoms with Crippen LogP contribution in [0.4, 0.5) is 0 Å². The van der Waals surface area contributed by atoms with E-state index >= 15 is 0 Å². The minimum Gasteiger partial charge on any atom is -0.461 e. The first-order chi connectivity index (χ1) is 14.5. The maximum atomic E-state index is 13.7. The molecule has 5 fully saturated rings. The SMILES string of the molecule is C=C1[C@@H]2C[C@H](O)[C@@H]3[C@](C2)(C(=O)O[C@H]2CCC(C)(C)[C@H]4[C@H](O)O[C@H](OC)[C@@]243)[C@@H]1OC(C)=O. The van der Waals surface area contributed by atoms with Crippen molar-refractivity contribution in [3.8, 4) is 0 Å². The number of aliphatic hydroxyl groups excluding tert-OH is 2. The Balaban J connectivity index is 1.76. The summed E-state index contributed by atoms with van der Waals surface area (Å²) < 4.78 is 23.5. The fourth-order valence-electron chi connectivity index (χ4n) is 8.17. The van der Waals surface area contributed by atoms with Crippen LogP contribution in [0.3, 0.4) is 0 Å². The molecule has 3 saturated carbocycles. The molecule has 0 aromatic carbocycles. The molecule has 8 heteroatoms. The third-order valence-electron chi connectivity index (χ3n) is 8.99. The summed E-state index contributed by atoms with van der Waals surface area (Å²) in [5.41, 5.74) is -1.96. The van der Waals surface area contributed by atoms with Crippen molar-refractivity contribution in [2.45, 2.75) is 77.3 Å². The van der Waals surface area contributed by atoms with Crippen LogP contribution in [0.15, 0.2) is 12.2 Å². The maximum absolute atomic E-state index is 13.7. The summed E-state index contributed by atoms with van der Waals surface area (Å²) in [5.74, 6) is -2.23. The lowest BCUT2D eigenvalue weighted by Gasteiger charge is -2.64. The molecule has 2 N–H and O–H groups in total. The summed E-state index contributed by atoms with van der Waals surface area (Å²) in [6.07, 6.45) is -2.24. The Labute approximate surface area is 181 Å². The van der Waals surface area contributed by atoms with Crippen molar-refractivity contribution in [1.82, 2.24) is 0 Å². The highest BCUT2D eigenvalue weighted by Crippen LogP contribution is 2.73. The van der Waals surface area contributed by atoms with Gasteiger partial charge in [-0.15, -0.1) is 0 Å². The fraction of sp³-hybridized carbons (Fsp3) is 0.826. The molecule has 0 aromatic rings. The highest BCUT2D eigenvalue weighted by Gasteiger charge is 2.82. The third-order valence-corrected chi connectivity index (χ3v) is 8.99. The number of esters is 2. The Hall–Kier alpha value is -1.48. The summed E-state index contributed by atoms with van der Waals surface area (Å²) in [7, 11) is 1.51. The van der Waals surface area contributed by atoms with Crippen molar-refractivity contribution in [1.29, 1.82) is 0 Å². The number of methoxy groups -OCH3 is 1. The second-order valence-electron chi connectivity index (χ2n) is 10.8. The molecule has 2 spiro atoms. The van der Waals surface area contributed by atoms with Crippen LogP contribution >= 0.6 is 0 Å². The van der Waals surface area contributed by atoms with Gasteiger partial charge in [-0.25, -0.2) is 0 Å². The lowest BCUT2D eigenvalue weighted by Crippen LogP contribution is -2.73. The second kappa shape index (κ2) is 6.53. The molecule has 2 saturated heterocycles. The van der Waals surface area contributed by atoms with Crippen molar-refractivity contribution >= 4 is 11.9 Å². The number of fused-ring (bicyclic) bond motifs is 1. The topological polar surface area (TPSA) is 112 Å². The quantitative estimate of drug-likeness (QED) is 0.495. The van der Waals surface area contributed by atoms with Crippen molar-refractivity contribution in [2.75, 3.05) is 7.11 Å². The van der Waals surface area contributed by atoms with Crippen LogP contribution in [-0.2, 0) is 28.5 Å². The molecule has 2 heterocycles. The van der Waals surface area contributed by atoms with Gasteiger partial charge in [-0.05, 0) is 42.6 Å². The molecule has 31 heavy (non-hydrogen) atoms. The Morgan fingerprint density at radius 3 is 2.61 bits per heavy atom. The molecule has 0 aromatic heterocycles. The van der Waals surface area contributed by atoms with Crippen LogP contribution in [0.2, 0.25) is 0 Å². The van der Waals surface area contributed by atoms with Gasteiger partial charge >= 0.3 is 11.9 Å². The van der Waals surface area contributed by atoms with Crippen molar-refractivity contribution in [3.63, 3.8) is 0 Å². The zero-order valence-corrected chi connectivity index (χ0v) is 18.5. The minimum absolute atomic E-state index is 0.153. The van der Waals surface area contributed by atoms with Crippen molar-refractivity contribution in [3.05, 3.63) is 12.2 Å². The molecular weight excluding hydrogens is 404 g/mol. The first-order valence-corrected chi connectivity index (χ1v) is 11.1.